The monoisotopic (exact) mass is 480 g/mol. The first-order valence-corrected chi connectivity index (χ1v) is 12.7. The molecule has 1 aliphatic heterocycles. The third kappa shape index (κ3) is 6.60. The van der Waals surface area contributed by atoms with Gasteiger partial charge in [0.15, 0.2) is 0 Å². The molecule has 2 aromatic rings. The maximum absolute atomic E-state index is 13.2. The van der Waals surface area contributed by atoms with Gasteiger partial charge in [-0.15, -0.1) is 0 Å². The normalized spacial score (nSPS) is 18.5. The van der Waals surface area contributed by atoms with Gasteiger partial charge in [-0.3, -0.25) is 4.79 Å². The molecule has 2 aromatic carbocycles. The number of piperidine rings is 1. The molecule has 0 spiro atoms. The SMILES string of the molecule is CC(C)NC(=O)N1CCC(CN(C)C2CCc3ccc(NC(=O)c4ccc(F)cc4)cc3C2)CC1. The number of urea groups is 1. The van der Waals surface area contributed by atoms with Crippen LogP contribution in [0.4, 0.5) is 14.9 Å². The molecule has 35 heavy (non-hydrogen) atoms. The Labute approximate surface area is 207 Å². The van der Waals surface area contributed by atoms with E-state index in [0.717, 1.165) is 57.4 Å². The van der Waals surface area contributed by atoms with E-state index in [1.165, 1.54) is 35.4 Å². The maximum atomic E-state index is 13.2. The number of carbonyl (C=O) groups is 2. The van der Waals surface area contributed by atoms with Gasteiger partial charge in [-0.05, 0) is 106 Å². The number of nitrogens with zero attached hydrogens (tertiary/aromatic N) is 2. The fourth-order valence-corrected chi connectivity index (χ4v) is 5.21. The van der Waals surface area contributed by atoms with Crippen LogP contribution in [0.25, 0.3) is 0 Å². The number of likely N-dealkylation sites (tertiary alicyclic amines) is 1. The minimum absolute atomic E-state index is 0.0537. The van der Waals surface area contributed by atoms with E-state index < -0.39 is 0 Å². The largest absolute Gasteiger partial charge is 0.336 e. The summed E-state index contributed by atoms with van der Waals surface area (Å²) >= 11 is 0. The Bertz CT molecular complexity index is 1030. The number of aryl methyl sites for hydroxylation is 1. The molecule has 0 radical (unpaired) electrons. The lowest BCUT2D eigenvalue weighted by Gasteiger charge is -2.38. The number of nitrogens with one attached hydrogen (secondary N) is 2. The highest BCUT2D eigenvalue weighted by molar-refractivity contribution is 6.04. The average Bonchev–Trinajstić information content (AvgIpc) is 2.84. The summed E-state index contributed by atoms with van der Waals surface area (Å²) in [4.78, 5) is 29.2. The molecule has 1 fully saturated rings. The van der Waals surface area contributed by atoms with Crippen molar-refractivity contribution in [1.82, 2.24) is 15.1 Å². The summed E-state index contributed by atoms with van der Waals surface area (Å²) in [6.45, 7) is 6.67. The summed E-state index contributed by atoms with van der Waals surface area (Å²) in [5, 5.41) is 5.94. The topological polar surface area (TPSA) is 64.7 Å². The zero-order valence-corrected chi connectivity index (χ0v) is 21.0. The molecule has 2 aliphatic rings. The van der Waals surface area contributed by atoms with Gasteiger partial charge >= 0.3 is 6.03 Å². The molecule has 7 heteroatoms. The van der Waals surface area contributed by atoms with Crippen LogP contribution in [-0.2, 0) is 12.8 Å². The number of anilines is 1. The van der Waals surface area contributed by atoms with Crippen LogP contribution >= 0.6 is 0 Å². The molecular weight excluding hydrogens is 443 g/mol. The van der Waals surface area contributed by atoms with Crippen molar-refractivity contribution in [3.63, 3.8) is 0 Å². The van der Waals surface area contributed by atoms with Crippen LogP contribution in [0.15, 0.2) is 42.5 Å². The minimum atomic E-state index is -0.354. The van der Waals surface area contributed by atoms with Crippen molar-refractivity contribution in [2.24, 2.45) is 5.92 Å². The van der Waals surface area contributed by atoms with Crippen LogP contribution in [0.3, 0.4) is 0 Å². The summed E-state index contributed by atoms with van der Waals surface area (Å²) in [5.41, 5.74) is 3.84. The van der Waals surface area contributed by atoms with Gasteiger partial charge in [-0.25, -0.2) is 9.18 Å². The zero-order valence-electron chi connectivity index (χ0n) is 21.0. The van der Waals surface area contributed by atoms with Gasteiger partial charge in [-0.1, -0.05) is 6.07 Å². The number of rotatable bonds is 6. The molecule has 1 atom stereocenters. The van der Waals surface area contributed by atoms with Gasteiger partial charge in [0.05, 0.1) is 0 Å². The quantitative estimate of drug-likeness (QED) is 0.630. The molecule has 1 heterocycles. The van der Waals surface area contributed by atoms with Crippen LogP contribution in [0.1, 0.15) is 54.6 Å². The molecular formula is C28H37FN4O2. The summed E-state index contributed by atoms with van der Waals surface area (Å²) in [6, 6.07) is 12.4. The van der Waals surface area contributed by atoms with Gasteiger partial charge in [0.25, 0.3) is 5.91 Å². The molecule has 2 N–H and O–H groups in total. The molecule has 188 valence electrons. The summed E-state index contributed by atoms with van der Waals surface area (Å²) in [7, 11) is 2.22. The van der Waals surface area contributed by atoms with Crippen molar-refractivity contribution in [1.29, 1.82) is 0 Å². The first-order valence-electron chi connectivity index (χ1n) is 12.7. The number of halogens is 1. The molecule has 1 unspecified atom stereocenters. The average molecular weight is 481 g/mol. The standard InChI is InChI=1S/C28H37FN4O2/c1-19(2)30-28(35)33-14-12-20(13-15-33)18-32(3)26-11-7-21-6-10-25(16-23(21)17-26)31-27(34)22-4-8-24(29)9-5-22/h4-6,8-10,16,19-20,26H,7,11-15,17-18H2,1-3H3,(H,30,35)(H,31,34). The maximum Gasteiger partial charge on any atom is 0.317 e. The Hall–Kier alpha value is -2.93. The van der Waals surface area contributed by atoms with Crippen LogP contribution < -0.4 is 10.6 Å². The van der Waals surface area contributed by atoms with Gasteiger partial charge < -0.3 is 20.4 Å². The van der Waals surface area contributed by atoms with Gasteiger partial charge in [-0.2, -0.15) is 0 Å². The highest BCUT2D eigenvalue weighted by Gasteiger charge is 2.27. The highest BCUT2D eigenvalue weighted by Crippen LogP contribution is 2.28. The van der Waals surface area contributed by atoms with E-state index in [0.29, 0.717) is 17.5 Å². The van der Waals surface area contributed by atoms with Crippen molar-refractivity contribution in [2.45, 2.75) is 58.0 Å². The number of amides is 3. The van der Waals surface area contributed by atoms with Crippen LogP contribution in [0, 0.1) is 11.7 Å². The Morgan fingerprint density at radius 3 is 2.46 bits per heavy atom. The van der Waals surface area contributed by atoms with E-state index in [9.17, 15) is 14.0 Å². The van der Waals surface area contributed by atoms with E-state index in [1.54, 1.807) is 0 Å². The van der Waals surface area contributed by atoms with Gasteiger partial charge in [0.1, 0.15) is 5.82 Å². The second kappa shape index (κ2) is 11.2. The van der Waals surface area contributed by atoms with Crippen molar-refractivity contribution in [3.8, 4) is 0 Å². The number of fused-ring (bicyclic) bond motifs is 1. The van der Waals surface area contributed by atoms with E-state index in [4.69, 9.17) is 0 Å². The fraction of sp³-hybridized carbons (Fsp3) is 0.500. The van der Waals surface area contributed by atoms with Gasteiger partial charge in [0.2, 0.25) is 0 Å². The van der Waals surface area contributed by atoms with E-state index >= 15 is 0 Å². The lowest BCUT2D eigenvalue weighted by Crippen LogP contribution is -2.48. The first kappa shape index (κ1) is 25.2. The zero-order chi connectivity index (χ0) is 24.9. The lowest BCUT2D eigenvalue weighted by atomic mass is 9.86. The number of carbonyl (C=O) groups excluding carboxylic acids is 2. The van der Waals surface area contributed by atoms with Crippen LogP contribution in [-0.4, -0.2) is 60.5 Å². The Balaban J connectivity index is 1.30. The summed E-state index contributed by atoms with van der Waals surface area (Å²) in [6.07, 6.45) is 5.20. The third-order valence-electron chi connectivity index (χ3n) is 7.26. The predicted molar refractivity (Wildman–Crippen MR) is 137 cm³/mol. The Kier molecular flexibility index (Phi) is 8.06. The lowest BCUT2D eigenvalue weighted by molar-refractivity contribution is 0.102. The van der Waals surface area contributed by atoms with E-state index in [2.05, 4.69) is 34.7 Å². The van der Waals surface area contributed by atoms with Crippen molar-refractivity contribution >= 4 is 17.6 Å². The molecule has 4 rings (SSSR count). The van der Waals surface area contributed by atoms with E-state index in [1.807, 2.05) is 24.8 Å². The number of likely N-dealkylation sites (N-methyl/N-ethyl adjacent to an activating group) is 1. The van der Waals surface area contributed by atoms with Crippen LogP contribution in [0.2, 0.25) is 0 Å². The smallest absolute Gasteiger partial charge is 0.317 e. The van der Waals surface area contributed by atoms with Crippen molar-refractivity contribution < 1.29 is 14.0 Å². The number of hydrogen-bond acceptors (Lipinski definition) is 3. The third-order valence-corrected chi connectivity index (χ3v) is 7.26. The molecule has 1 saturated heterocycles. The first-order chi connectivity index (χ1) is 16.8. The Morgan fingerprint density at radius 1 is 1.06 bits per heavy atom. The molecule has 0 aromatic heterocycles. The fourth-order valence-electron chi connectivity index (χ4n) is 5.21. The second-order valence-electron chi connectivity index (χ2n) is 10.3. The molecule has 1 aliphatic carbocycles. The number of hydrogen-bond donors (Lipinski definition) is 2. The predicted octanol–water partition coefficient (Wildman–Crippen LogP) is 4.70. The highest BCUT2D eigenvalue weighted by atomic mass is 19.1. The van der Waals surface area contributed by atoms with E-state index in [-0.39, 0.29) is 23.8 Å². The van der Waals surface area contributed by atoms with Crippen molar-refractivity contribution in [3.05, 3.63) is 65.0 Å². The molecule has 0 bridgehead atoms. The molecule has 3 amide bonds. The minimum Gasteiger partial charge on any atom is -0.336 e. The Morgan fingerprint density at radius 2 is 1.77 bits per heavy atom. The van der Waals surface area contributed by atoms with Crippen LogP contribution in [0.5, 0.6) is 0 Å². The summed E-state index contributed by atoms with van der Waals surface area (Å²) in [5.74, 6) is 0.0151. The molecule has 6 nitrogen and oxygen atoms in total. The number of benzene rings is 2. The second-order valence-corrected chi connectivity index (χ2v) is 10.3. The van der Waals surface area contributed by atoms with Gasteiger partial charge in [0, 0.05) is 43.0 Å². The summed E-state index contributed by atoms with van der Waals surface area (Å²) < 4.78 is 13.2. The van der Waals surface area contributed by atoms with Crippen molar-refractivity contribution in [2.75, 3.05) is 32.0 Å². The molecule has 0 saturated carbocycles.